The van der Waals surface area contributed by atoms with Crippen molar-refractivity contribution in [2.24, 2.45) is 0 Å². The third-order valence-electron chi connectivity index (χ3n) is 2.04. The lowest BCUT2D eigenvalue weighted by Gasteiger charge is -2.09. The maximum atomic E-state index is 10.7. The smallest absolute Gasteiger partial charge is 0.159 e. The van der Waals surface area contributed by atoms with Crippen molar-refractivity contribution in [1.82, 2.24) is 4.98 Å². The Hall–Kier alpha value is -1.05. The number of carbonyl (C=O) groups is 1. The molecule has 0 saturated heterocycles. The van der Waals surface area contributed by atoms with Gasteiger partial charge in [-0.25, -0.2) is 4.98 Å². The Morgan fingerprint density at radius 2 is 1.77 bits per heavy atom. The third kappa shape index (κ3) is 15.3. The summed E-state index contributed by atoms with van der Waals surface area (Å²) in [4.78, 5) is 14.4. The summed E-state index contributed by atoms with van der Waals surface area (Å²) >= 11 is 5.53. The summed E-state index contributed by atoms with van der Waals surface area (Å²) in [5, 5.41) is 15.6. The zero-order chi connectivity index (χ0) is 17.4. The maximum Gasteiger partial charge on any atom is 0.159 e. The fourth-order valence-electron chi connectivity index (χ4n) is 1.14. The number of rotatable bonds is 6. The third-order valence-corrected chi connectivity index (χ3v) is 2.24. The molecule has 0 fully saturated rings. The van der Waals surface area contributed by atoms with Crippen LogP contribution in [-0.4, -0.2) is 53.7 Å². The van der Waals surface area contributed by atoms with Crippen LogP contribution in [-0.2, 0) is 9.47 Å². The number of nitrogens with zero attached hydrogens (tertiary/aromatic N) is 1. The van der Waals surface area contributed by atoms with Crippen molar-refractivity contribution in [1.29, 1.82) is 0 Å². The van der Waals surface area contributed by atoms with E-state index in [4.69, 9.17) is 31.3 Å². The van der Waals surface area contributed by atoms with Crippen molar-refractivity contribution < 1.29 is 24.5 Å². The summed E-state index contributed by atoms with van der Waals surface area (Å²) in [5.41, 5.74) is 0.597. The quantitative estimate of drug-likeness (QED) is 0.471. The standard InChI is InChI=1S/C7H6ClNO.C6H14O2.C2H6O2/c1-5(10)6-2-3-9-7(8)4-6;1-4-7-6(3)8-5-2;3-1-2-4/h2-4H,1H3;6H,4-5H2,1-3H3;3-4H,1-2H2. The molecule has 22 heavy (non-hydrogen) atoms. The van der Waals surface area contributed by atoms with E-state index in [-0.39, 0.29) is 25.3 Å². The van der Waals surface area contributed by atoms with Gasteiger partial charge in [0, 0.05) is 25.0 Å². The second-order valence-electron chi connectivity index (χ2n) is 3.85. The van der Waals surface area contributed by atoms with Crippen LogP contribution >= 0.6 is 11.6 Å². The van der Waals surface area contributed by atoms with Gasteiger partial charge in [0.2, 0.25) is 0 Å². The lowest BCUT2D eigenvalue weighted by Crippen LogP contribution is -2.11. The normalized spacial score (nSPS) is 9.45. The van der Waals surface area contributed by atoms with Gasteiger partial charge in [-0.3, -0.25) is 4.79 Å². The van der Waals surface area contributed by atoms with Crippen LogP contribution in [0.1, 0.15) is 38.1 Å². The van der Waals surface area contributed by atoms with Crippen LogP contribution in [0.4, 0.5) is 0 Å². The minimum Gasteiger partial charge on any atom is -0.394 e. The SMILES string of the molecule is CC(=O)c1ccnc(Cl)c1.CCOC(C)OCC.OCCO. The molecule has 7 heteroatoms. The minimum atomic E-state index is -0.125. The number of carbonyl (C=O) groups excluding carboxylic acids is 1. The Balaban J connectivity index is 0. The number of pyridine rings is 1. The molecular weight excluding hydrogens is 310 g/mol. The molecule has 0 aliphatic rings. The fraction of sp³-hybridized carbons (Fsp3) is 0.600. The highest BCUT2D eigenvalue weighted by Crippen LogP contribution is 2.06. The molecule has 0 aliphatic carbocycles. The van der Waals surface area contributed by atoms with Gasteiger partial charge in [0.05, 0.1) is 13.2 Å². The number of aromatic nitrogens is 1. The van der Waals surface area contributed by atoms with E-state index in [0.717, 1.165) is 13.2 Å². The molecule has 0 bridgehead atoms. The first-order chi connectivity index (χ1) is 10.4. The predicted octanol–water partition coefficient (Wildman–Crippen LogP) is 2.31. The van der Waals surface area contributed by atoms with E-state index in [1.54, 1.807) is 12.1 Å². The average molecular weight is 336 g/mol. The van der Waals surface area contributed by atoms with E-state index in [9.17, 15) is 4.79 Å². The summed E-state index contributed by atoms with van der Waals surface area (Å²) in [5.74, 6) is 0.00398. The molecule has 0 aliphatic heterocycles. The summed E-state index contributed by atoms with van der Waals surface area (Å²) in [7, 11) is 0. The zero-order valence-corrected chi connectivity index (χ0v) is 14.3. The number of aliphatic hydroxyl groups excluding tert-OH is 2. The van der Waals surface area contributed by atoms with Crippen molar-refractivity contribution in [2.45, 2.75) is 34.0 Å². The van der Waals surface area contributed by atoms with Gasteiger partial charge >= 0.3 is 0 Å². The lowest BCUT2D eigenvalue weighted by molar-refractivity contribution is -0.123. The highest BCUT2D eigenvalue weighted by atomic mass is 35.5. The average Bonchev–Trinajstić information content (AvgIpc) is 2.48. The van der Waals surface area contributed by atoms with Gasteiger partial charge in [-0.1, -0.05) is 11.6 Å². The highest BCUT2D eigenvalue weighted by Gasteiger charge is 1.98. The molecule has 1 rings (SSSR count). The van der Waals surface area contributed by atoms with Gasteiger partial charge in [-0.15, -0.1) is 0 Å². The Morgan fingerprint density at radius 1 is 1.27 bits per heavy atom. The molecule has 1 aromatic heterocycles. The molecular formula is C15H26ClNO5. The van der Waals surface area contributed by atoms with Crippen LogP contribution < -0.4 is 0 Å². The van der Waals surface area contributed by atoms with Gasteiger partial charge in [0.15, 0.2) is 12.1 Å². The van der Waals surface area contributed by atoms with Crippen molar-refractivity contribution in [3.8, 4) is 0 Å². The first-order valence-electron chi connectivity index (χ1n) is 7.00. The Labute approximate surface area is 137 Å². The van der Waals surface area contributed by atoms with E-state index in [1.807, 2.05) is 20.8 Å². The van der Waals surface area contributed by atoms with Crippen molar-refractivity contribution in [2.75, 3.05) is 26.4 Å². The second-order valence-corrected chi connectivity index (χ2v) is 4.24. The molecule has 0 spiro atoms. The summed E-state index contributed by atoms with van der Waals surface area (Å²) in [6.45, 7) is 8.49. The molecule has 0 atom stereocenters. The van der Waals surface area contributed by atoms with E-state index in [1.165, 1.54) is 13.1 Å². The number of hydrogen-bond donors (Lipinski definition) is 2. The summed E-state index contributed by atoms with van der Waals surface area (Å²) in [6, 6.07) is 3.18. The van der Waals surface area contributed by atoms with Crippen molar-refractivity contribution in [3.05, 3.63) is 29.0 Å². The largest absolute Gasteiger partial charge is 0.394 e. The van der Waals surface area contributed by atoms with Gasteiger partial charge in [-0.05, 0) is 39.8 Å². The Morgan fingerprint density at radius 3 is 2.05 bits per heavy atom. The lowest BCUT2D eigenvalue weighted by atomic mass is 10.2. The van der Waals surface area contributed by atoms with E-state index >= 15 is 0 Å². The van der Waals surface area contributed by atoms with Gasteiger partial charge in [0.25, 0.3) is 0 Å². The second kappa shape index (κ2) is 16.3. The monoisotopic (exact) mass is 335 g/mol. The molecule has 0 amide bonds. The molecule has 1 heterocycles. The van der Waals surface area contributed by atoms with Crippen LogP contribution in [0.3, 0.4) is 0 Å². The maximum absolute atomic E-state index is 10.7. The Kier molecular flexibility index (Phi) is 17.2. The number of aliphatic hydroxyl groups is 2. The molecule has 0 saturated carbocycles. The first-order valence-corrected chi connectivity index (χ1v) is 7.38. The topological polar surface area (TPSA) is 88.9 Å². The fourth-order valence-corrected chi connectivity index (χ4v) is 1.31. The van der Waals surface area contributed by atoms with Gasteiger partial charge in [-0.2, -0.15) is 0 Å². The molecule has 0 aromatic carbocycles. The predicted molar refractivity (Wildman–Crippen MR) is 86.1 cm³/mol. The molecule has 6 nitrogen and oxygen atoms in total. The molecule has 0 radical (unpaired) electrons. The molecule has 2 N–H and O–H groups in total. The Bertz CT molecular complexity index is 382. The molecule has 0 unspecified atom stereocenters. The number of Topliss-reactive ketones (excluding diaryl/α,β-unsaturated/α-hetero) is 1. The van der Waals surface area contributed by atoms with Crippen LogP contribution in [0, 0.1) is 0 Å². The van der Waals surface area contributed by atoms with E-state index in [0.29, 0.717) is 10.7 Å². The van der Waals surface area contributed by atoms with Gasteiger partial charge in [0.1, 0.15) is 5.15 Å². The minimum absolute atomic E-state index is 0.00398. The van der Waals surface area contributed by atoms with Crippen LogP contribution in [0.5, 0.6) is 0 Å². The van der Waals surface area contributed by atoms with Crippen LogP contribution in [0.2, 0.25) is 5.15 Å². The van der Waals surface area contributed by atoms with E-state index < -0.39 is 0 Å². The van der Waals surface area contributed by atoms with Crippen molar-refractivity contribution >= 4 is 17.4 Å². The molecule has 1 aromatic rings. The van der Waals surface area contributed by atoms with Crippen LogP contribution in [0.15, 0.2) is 18.3 Å². The summed E-state index contributed by atoms with van der Waals surface area (Å²) < 4.78 is 10.1. The van der Waals surface area contributed by atoms with E-state index in [2.05, 4.69) is 4.98 Å². The number of ether oxygens (including phenoxy) is 2. The van der Waals surface area contributed by atoms with Crippen molar-refractivity contribution in [3.63, 3.8) is 0 Å². The zero-order valence-electron chi connectivity index (χ0n) is 13.6. The molecule has 128 valence electrons. The summed E-state index contributed by atoms with van der Waals surface area (Å²) in [6.07, 6.45) is 1.48. The first kappa shape index (κ1) is 23.2. The van der Waals surface area contributed by atoms with Crippen LogP contribution in [0.25, 0.3) is 0 Å². The van der Waals surface area contributed by atoms with Gasteiger partial charge < -0.3 is 19.7 Å². The number of ketones is 1. The highest BCUT2D eigenvalue weighted by molar-refractivity contribution is 6.29. The number of hydrogen-bond acceptors (Lipinski definition) is 6. The number of halogens is 1.